The average molecular weight is 509 g/mol. The van der Waals surface area contributed by atoms with Crippen molar-refractivity contribution in [3.8, 4) is 5.69 Å². The Morgan fingerprint density at radius 1 is 1.00 bits per heavy atom. The molecule has 0 saturated heterocycles. The molecule has 0 saturated carbocycles. The number of aromatic nitrogens is 2. The van der Waals surface area contributed by atoms with E-state index < -0.39 is 15.9 Å². The van der Waals surface area contributed by atoms with Crippen LogP contribution >= 0.6 is 11.6 Å². The summed E-state index contributed by atoms with van der Waals surface area (Å²) >= 11 is 6.16. The molecule has 0 fully saturated rings. The van der Waals surface area contributed by atoms with Gasteiger partial charge in [0.05, 0.1) is 17.1 Å². The molecule has 1 aromatic heterocycles. The summed E-state index contributed by atoms with van der Waals surface area (Å²) in [6, 6.07) is 21.0. The fourth-order valence-electron chi connectivity index (χ4n) is 3.56. The van der Waals surface area contributed by atoms with Crippen molar-refractivity contribution in [3.05, 3.63) is 107 Å². The highest BCUT2D eigenvalue weighted by molar-refractivity contribution is 7.89. The first kappa shape index (κ1) is 24.7. The van der Waals surface area contributed by atoms with E-state index in [9.17, 15) is 13.2 Å². The van der Waals surface area contributed by atoms with E-state index in [4.69, 9.17) is 11.6 Å². The van der Waals surface area contributed by atoms with E-state index in [1.807, 2.05) is 43.5 Å². The molecule has 7 nitrogen and oxygen atoms in total. The van der Waals surface area contributed by atoms with Crippen molar-refractivity contribution in [1.82, 2.24) is 14.1 Å². The third kappa shape index (κ3) is 5.79. The zero-order chi connectivity index (χ0) is 25.0. The van der Waals surface area contributed by atoms with Crippen LogP contribution in [0.1, 0.15) is 16.7 Å². The minimum absolute atomic E-state index is 0.0253. The van der Waals surface area contributed by atoms with Crippen LogP contribution in [0.15, 0.2) is 90.1 Å². The first-order chi connectivity index (χ1) is 16.7. The lowest BCUT2D eigenvalue weighted by Gasteiger charge is -2.22. The third-order valence-corrected chi connectivity index (χ3v) is 7.80. The van der Waals surface area contributed by atoms with Crippen molar-refractivity contribution in [1.29, 1.82) is 0 Å². The summed E-state index contributed by atoms with van der Waals surface area (Å²) in [5.41, 5.74) is 3.78. The lowest BCUT2D eigenvalue weighted by molar-refractivity contribution is -0.116. The van der Waals surface area contributed by atoms with E-state index in [0.29, 0.717) is 16.3 Å². The lowest BCUT2D eigenvalue weighted by atomic mass is 10.2. The van der Waals surface area contributed by atoms with Crippen molar-refractivity contribution in [2.75, 3.05) is 11.9 Å². The van der Waals surface area contributed by atoms with Gasteiger partial charge in [-0.05, 0) is 67.4 Å². The van der Waals surface area contributed by atoms with Crippen molar-refractivity contribution in [3.63, 3.8) is 0 Å². The molecule has 35 heavy (non-hydrogen) atoms. The molecule has 1 heterocycles. The quantitative estimate of drug-likeness (QED) is 0.364. The molecule has 0 aliphatic carbocycles. The minimum Gasteiger partial charge on any atom is -0.325 e. The highest BCUT2D eigenvalue weighted by Crippen LogP contribution is 2.24. The fraction of sp³-hybridized carbons (Fsp3) is 0.154. The summed E-state index contributed by atoms with van der Waals surface area (Å²) in [7, 11) is -3.95. The van der Waals surface area contributed by atoms with E-state index >= 15 is 0 Å². The maximum absolute atomic E-state index is 13.5. The Morgan fingerprint density at radius 2 is 1.71 bits per heavy atom. The van der Waals surface area contributed by atoms with Crippen LogP contribution in [0, 0.1) is 13.8 Å². The molecular weight excluding hydrogens is 484 g/mol. The van der Waals surface area contributed by atoms with Gasteiger partial charge in [0.25, 0.3) is 0 Å². The van der Waals surface area contributed by atoms with Gasteiger partial charge < -0.3 is 5.32 Å². The number of halogens is 1. The number of sulfonamides is 1. The second-order valence-corrected chi connectivity index (χ2v) is 10.5. The number of carbonyl (C=O) groups excluding carboxylic acids is 1. The standard InChI is InChI=1S/C26H25ClN4O3S/c1-19-7-13-23(14-8-19)35(33,34)30(18-26(32)29-25-6-3-5-24(27)20(25)2)17-21-9-11-22(12-10-21)31-16-4-15-28-31/h3-16H,17-18H2,1-2H3,(H,29,32). The van der Waals surface area contributed by atoms with Crippen LogP contribution in [0.3, 0.4) is 0 Å². The predicted molar refractivity (Wildman–Crippen MR) is 137 cm³/mol. The van der Waals surface area contributed by atoms with Crippen LogP contribution in [0.2, 0.25) is 5.02 Å². The molecule has 0 aliphatic heterocycles. The predicted octanol–water partition coefficient (Wildman–Crippen LogP) is 4.97. The summed E-state index contributed by atoms with van der Waals surface area (Å²) in [6.45, 7) is 3.34. The van der Waals surface area contributed by atoms with Gasteiger partial charge in [0, 0.05) is 29.6 Å². The second kappa shape index (κ2) is 10.4. The molecule has 0 spiro atoms. The molecule has 0 aliphatic rings. The Balaban J connectivity index is 1.60. The van der Waals surface area contributed by atoms with Crippen LogP contribution in [0.5, 0.6) is 0 Å². The number of nitrogens with one attached hydrogen (secondary N) is 1. The molecule has 9 heteroatoms. The molecule has 1 amide bonds. The van der Waals surface area contributed by atoms with E-state index in [-0.39, 0.29) is 18.0 Å². The van der Waals surface area contributed by atoms with Gasteiger partial charge in [0.15, 0.2) is 0 Å². The molecule has 4 rings (SSSR count). The molecule has 0 unspecified atom stereocenters. The van der Waals surface area contributed by atoms with E-state index in [1.54, 1.807) is 60.3 Å². The number of rotatable bonds is 8. The zero-order valence-electron chi connectivity index (χ0n) is 19.3. The van der Waals surface area contributed by atoms with Gasteiger partial charge >= 0.3 is 0 Å². The van der Waals surface area contributed by atoms with Crippen molar-refractivity contribution >= 4 is 33.2 Å². The third-order valence-electron chi connectivity index (χ3n) is 5.58. The number of amides is 1. The average Bonchev–Trinajstić information content (AvgIpc) is 3.37. The first-order valence-corrected chi connectivity index (χ1v) is 12.8. The maximum Gasteiger partial charge on any atom is 0.243 e. The van der Waals surface area contributed by atoms with Crippen LogP contribution in [-0.2, 0) is 21.4 Å². The molecule has 0 bridgehead atoms. The highest BCUT2D eigenvalue weighted by atomic mass is 35.5. The number of anilines is 1. The Kier molecular flexibility index (Phi) is 7.35. The van der Waals surface area contributed by atoms with Gasteiger partial charge in [0.2, 0.25) is 15.9 Å². The van der Waals surface area contributed by atoms with Gasteiger partial charge in [-0.2, -0.15) is 9.40 Å². The highest BCUT2D eigenvalue weighted by Gasteiger charge is 2.27. The number of nitrogens with zero attached hydrogens (tertiary/aromatic N) is 3. The van der Waals surface area contributed by atoms with Crippen LogP contribution in [-0.4, -0.2) is 35.0 Å². The summed E-state index contributed by atoms with van der Waals surface area (Å²) in [5, 5.41) is 7.51. The van der Waals surface area contributed by atoms with E-state index in [0.717, 1.165) is 16.8 Å². The molecule has 1 N–H and O–H groups in total. The van der Waals surface area contributed by atoms with Gasteiger partial charge in [-0.25, -0.2) is 13.1 Å². The number of hydrogen-bond donors (Lipinski definition) is 1. The number of carbonyl (C=O) groups is 1. The Labute approximate surface area is 210 Å². The smallest absolute Gasteiger partial charge is 0.243 e. The minimum atomic E-state index is -3.95. The zero-order valence-corrected chi connectivity index (χ0v) is 20.9. The largest absolute Gasteiger partial charge is 0.325 e. The topological polar surface area (TPSA) is 84.3 Å². The summed E-state index contributed by atoms with van der Waals surface area (Å²) in [6.07, 6.45) is 3.51. The molecule has 0 atom stereocenters. The van der Waals surface area contributed by atoms with E-state index in [2.05, 4.69) is 10.4 Å². The number of aryl methyl sites for hydroxylation is 1. The van der Waals surface area contributed by atoms with Gasteiger partial charge in [-0.1, -0.05) is 47.5 Å². The SMILES string of the molecule is Cc1ccc(S(=O)(=O)N(CC(=O)Nc2cccc(Cl)c2C)Cc2ccc(-n3cccn3)cc2)cc1. The first-order valence-electron chi connectivity index (χ1n) is 10.9. The maximum atomic E-state index is 13.5. The Morgan fingerprint density at radius 3 is 2.37 bits per heavy atom. The normalized spacial score (nSPS) is 11.5. The fourth-order valence-corrected chi connectivity index (χ4v) is 5.12. The Hall–Kier alpha value is -3.46. The van der Waals surface area contributed by atoms with Crippen molar-refractivity contribution in [2.24, 2.45) is 0 Å². The molecular formula is C26H25ClN4O3S. The van der Waals surface area contributed by atoms with Crippen LogP contribution in [0.4, 0.5) is 5.69 Å². The van der Waals surface area contributed by atoms with E-state index in [1.165, 1.54) is 4.31 Å². The molecule has 4 aromatic rings. The van der Waals surface area contributed by atoms with Gasteiger partial charge in [0.1, 0.15) is 0 Å². The van der Waals surface area contributed by atoms with Gasteiger partial charge in [-0.3, -0.25) is 4.79 Å². The molecule has 0 radical (unpaired) electrons. The van der Waals surface area contributed by atoms with Crippen molar-refractivity contribution in [2.45, 2.75) is 25.3 Å². The lowest BCUT2D eigenvalue weighted by Crippen LogP contribution is -2.37. The molecule has 180 valence electrons. The number of hydrogen-bond acceptors (Lipinski definition) is 4. The Bertz CT molecular complexity index is 1420. The van der Waals surface area contributed by atoms with Crippen molar-refractivity contribution < 1.29 is 13.2 Å². The van der Waals surface area contributed by atoms with Crippen LogP contribution < -0.4 is 5.32 Å². The van der Waals surface area contributed by atoms with Crippen LogP contribution in [0.25, 0.3) is 5.69 Å². The summed E-state index contributed by atoms with van der Waals surface area (Å²) in [5.74, 6) is -0.459. The summed E-state index contributed by atoms with van der Waals surface area (Å²) < 4.78 is 29.9. The second-order valence-electron chi connectivity index (χ2n) is 8.16. The van der Waals surface area contributed by atoms with Gasteiger partial charge in [-0.15, -0.1) is 0 Å². The summed E-state index contributed by atoms with van der Waals surface area (Å²) in [4.78, 5) is 13.1. The monoisotopic (exact) mass is 508 g/mol. The number of benzene rings is 3. The molecule has 3 aromatic carbocycles.